The average Bonchev–Trinajstić information content (AvgIpc) is 2.46. The van der Waals surface area contributed by atoms with E-state index in [1.807, 2.05) is 11.8 Å². The van der Waals surface area contributed by atoms with Crippen LogP contribution in [-0.2, 0) is 6.54 Å². The van der Waals surface area contributed by atoms with Gasteiger partial charge in [-0.15, -0.1) is 0 Å². The molecule has 20 heavy (non-hydrogen) atoms. The fourth-order valence-electron chi connectivity index (χ4n) is 1.78. The first-order chi connectivity index (χ1) is 9.76. The summed E-state index contributed by atoms with van der Waals surface area (Å²) in [5.74, 6) is 2.15. The quantitative estimate of drug-likeness (QED) is 0.439. The molecule has 1 aromatic carbocycles. The minimum absolute atomic E-state index is 0.723. The zero-order chi connectivity index (χ0) is 14.6. The number of unbranched alkanes of at least 4 members (excludes halogenated alkanes) is 1. The Morgan fingerprint density at radius 2 is 1.90 bits per heavy atom. The molecule has 0 saturated carbocycles. The predicted octanol–water partition coefficient (Wildman–Crippen LogP) is 3.19. The minimum atomic E-state index is 0.723. The van der Waals surface area contributed by atoms with Gasteiger partial charge in [-0.05, 0) is 44.3 Å². The fourth-order valence-corrected chi connectivity index (χ4v) is 2.28. The molecule has 0 unspecified atom stereocenters. The highest BCUT2D eigenvalue weighted by molar-refractivity contribution is 7.98. The molecule has 0 aliphatic heterocycles. The number of rotatable bonds is 8. The zero-order valence-corrected chi connectivity index (χ0v) is 13.7. The van der Waals surface area contributed by atoms with Crippen LogP contribution in [0.3, 0.4) is 0 Å². The van der Waals surface area contributed by atoms with Gasteiger partial charge in [0.2, 0.25) is 0 Å². The van der Waals surface area contributed by atoms with Crippen molar-refractivity contribution >= 4 is 17.7 Å². The summed E-state index contributed by atoms with van der Waals surface area (Å²) in [5, 5.41) is 6.68. The van der Waals surface area contributed by atoms with Gasteiger partial charge >= 0.3 is 0 Å². The standard InChI is InChI=1S/C16H27N3S/c1-4-17-16(18-11-5-6-12-20-3)19-13-15-9-7-14(2)8-10-15/h7-10H,4-6,11-13H2,1-3H3,(H2,17,18,19). The molecule has 4 heteroatoms. The summed E-state index contributed by atoms with van der Waals surface area (Å²) < 4.78 is 0. The number of guanidine groups is 1. The fraction of sp³-hybridized carbons (Fsp3) is 0.562. The molecule has 1 aromatic rings. The van der Waals surface area contributed by atoms with Crippen molar-refractivity contribution < 1.29 is 0 Å². The average molecular weight is 293 g/mol. The Labute approximate surface area is 127 Å². The van der Waals surface area contributed by atoms with E-state index < -0.39 is 0 Å². The van der Waals surface area contributed by atoms with Crippen LogP contribution in [0.15, 0.2) is 29.3 Å². The van der Waals surface area contributed by atoms with Crippen molar-refractivity contribution in [3.05, 3.63) is 35.4 Å². The molecular formula is C16H27N3S. The van der Waals surface area contributed by atoms with Crippen molar-refractivity contribution in [2.45, 2.75) is 33.2 Å². The van der Waals surface area contributed by atoms with Gasteiger partial charge in [0.25, 0.3) is 0 Å². The van der Waals surface area contributed by atoms with Crippen molar-refractivity contribution in [2.24, 2.45) is 4.99 Å². The Morgan fingerprint density at radius 3 is 2.55 bits per heavy atom. The van der Waals surface area contributed by atoms with Crippen LogP contribution in [0.4, 0.5) is 0 Å². The lowest BCUT2D eigenvalue weighted by Gasteiger charge is -2.11. The van der Waals surface area contributed by atoms with Gasteiger partial charge in [0.05, 0.1) is 6.54 Å². The molecule has 0 fully saturated rings. The van der Waals surface area contributed by atoms with Crippen LogP contribution in [0.5, 0.6) is 0 Å². The number of aryl methyl sites for hydroxylation is 1. The molecule has 0 amide bonds. The van der Waals surface area contributed by atoms with E-state index in [1.165, 1.54) is 29.7 Å². The molecule has 0 radical (unpaired) electrons. The Balaban J connectivity index is 2.39. The zero-order valence-electron chi connectivity index (χ0n) is 12.9. The number of thioether (sulfide) groups is 1. The highest BCUT2D eigenvalue weighted by Gasteiger charge is 1.97. The van der Waals surface area contributed by atoms with Gasteiger partial charge < -0.3 is 10.6 Å². The first-order valence-corrected chi connectivity index (χ1v) is 8.72. The molecule has 0 atom stereocenters. The smallest absolute Gasteiger partial charge is 0.191 e. The topological polar surface area (TPSA) is 36.4 Å². The second kappa shape index (κ2) is 10.6. The molecule has 1 rings (SSSR count). The van der Waals surface area contributed by atoms with Crippen LogP contribution in [0.25, 0.3) is 0 Å². The maximum Gasteiger partial charge on any atom is 0.191 e. The molecule has 0 aromatic heterocycles. The van der Waals surface area contributed by atoms with Gasteiger partial charge in [0.1, 0.15) is 0 Å². The molecule has 3 nitrogen and oxygen atoms in total. The van der Waals surface area contributed by atoms with Crippen LogP contribution in [0, 0.1) is 6.92 Å². The maximum atomic E-state index is 4.62. The lowest BCUT2D eigenvalue weighted by Crippen LogP contribution is -2.37. The van der Waals surface area contributed by atoms with Gasteiger partial charge in [-0.1, -0.05) is 29.8 Å². The second-order valence-corrected chi connectivity index (χ2v) is 5.79. The van der Waals surface area contributed by atoms with E-state index in [4.69, 9.17) is 0 Å². The SMILES string of the molecule is CCNC(=NCc1ccc(C)cc1)NCCCCSC. The van der Waals surface area contributed by atoms with Gasteiger partial charge in [-0.25, -0.2) is 4.99 Å². The summed E-state index contributed by atoms with van der Waals surface area (Å²) in [6.45, 7) is 6.80. The summed E-state index contributed by atoms with van der Waals surface area (Å²) in [4.78, 5) is 4.62. The normalized spacial score (nSPS) is 11.4. The van der Waals surface area contributed by atoms with Crippen LogP contribution in [-0.4, -0.2) is 31.1 Å². The van der Waals surface area contributed by atoms with E-state index in [0.717, 1.165) is 25.6 Å². The van der Waals surface area contributed by atoms with Crippen LogP contribution in [0.1, 0.15) is 30.9 Å². The van der Waals surface area contributed by atoms with Crippen molar-refractivity contribution in [3.63, 3.8) is 0 Å². The van der Waals surface area contributed by atoms with Gasteiger partial charge in [0, 0.05) is 13.1 Å². The maximum absolute atomic E-state index is 4.62. The van der Waals surface area contributed by atoms with Crippen molar-refractivity contribution in [3.8, 4) is 0 Å². The van der Waals surface area contributed by atoms with Gasteiger partial charge in [0.15, 0.2) is 5.96 Å². The monoisotopic (exact) mass is 293 g/mol. The van der Waals surface area contributed by atoms with E-state index in [1.54, 1.807) is 0 Å². The van der Waals surface area contributed by atoms with E-state index in [9.17, 15) is 0 Å². The molecule has 0 aliphatic carbocycles. The van der Waals surface area contributed by atoms with Crippen LogP contribution < -0.4 is 10.6 Å². The van der Waals surface area contributed by atoms with Crippen molar-refractivity contribution in [1.29, 1.82) is 0 Å². The third-order valence-corrected chi connectivity index (χ3v) is 3.65. The summed E-state index contributed by atoms with van der Waals surface area (Å²) in [6, 6.07) is 8.54. The van der Waals surface area contributed by atoms with E-state index in [-0.39, 0.29) is 0 Å². The van der Waals surface area contributed by atoms with Crippen LogP contribution >= 0.6 is 11.8 Å². The summed E-state index contributed by atoms with van der Waals surface area (Å²) >= 11 is 1.91. The second-order valence-electron chi connectivity index (χ2n) is 4.81. The van der Waals surface area contributed by atoms with Crippen LogP contribution in [0.2, 0.25) is 0 Å². The first kappa shape index (κ1) is 16.9. The van der Waals surface area contributed by atoms with Crippen molar-refractivity contribution in [2.75, 3.05) is 25.1 Å². The highest BCUT2D eigenvalue weighted by Crippen LogP contribution is 2.04. The molecule has 0 heterocycles. The Morgan fingerprint density at radius 1 is 1.15 bits per heavy atom. The molecular weight excluding hydrogens is 266 g/mol. The highest BCUT2D eigenvalue weighted by atomic mass is 32.2. The summed E-state index contributed by atoms with van der Waals surface area (Å²) in [5.41, 5.74) is 2.53. The Kier molecular flexibility index (Phi) is 8.96. The summed E-state index contributed by atoms with van der Waals surface area (Å²) in [7, 11) is 0. The van der Waals surface area contributed by atoms with E-state index >= 15 is 0 Å². The number of nitrogens with zero attached hydrogens (tertiary/aromatic N) is 1. The third kappa shape index (κ3) is 7.43. The molecule has 2 N–H and O–H groups in total. The predicted molar refractivity (Wildman–Crippen MR) is 91.6 cm³/mol. The molecule has 0 bridgehead atoms. The lowest BCUT2D eigenvalue weighted by atomic mass is 10.1. The number of hydrogen-bond acceptors (Lipinski definition) is 2. The minimum Gasteiger partial charge on any atom is -0.357 e. The third-order valence-electron chi connectivity index (χ3n) is 2.95. The molecule has 0 spiro atoms. The first-order valence-electron chi connectivity index (χ1n) is 7.33. The van der Waals surface area contributed by atoms with Crippen molar-refractivity contribution in [1.82, 2.24) is 10.6 Å². The largest absolute Gasteiger partial charge is 0.357 e. The van der Waals surface area contributed by atoms with E-state index in [2.05, 4.69) is 60.0 Å². The Hall–Kier alpha value is -1.16. The van der Waals surface area contributed by atoms with Gasteiger partial charge in [-0.3, -0.25) is 0 Å². The van der Waals surface area contributed by atoms with Gasteiger partial charge in [-0.2, -0.15) is 11.8 Å². The molecule has 0 saturated heterocycles. The molecule has 112 valence electrons. The lowest BCUT2D eigenvalue weighted by molar-refractivity contribution is 0.734. The van der Waals surface area contributed by atoms with E-state index in [0.29, 0.717) is 0 Å². The number of benzene rings is 1. The number of hydrogen-bond donors (Lipinski definition) is 2. The number of aliphatic imine (C=N–C) groups is 1. The Bertz CT molecular complexity index is 387. The summed E-state index contributed by atoms with van der Waals surface area (Å²) in [6.07, 6.45) is 4.60. The number of nitrogens with one attached hydrogen (secondary N) is 2. The molecule has 0 aliphatic rings.